The van der Waals surface area contributed by atoms with Gasteiger partial charge in [-0.2, -0.15) is 0 Å². The van der Waals surface area contributed by atoms with Gasteiger partial charge in [0.15, 0.2) is 0 Å². The second kappa shape index (κ2) is 6.60. The molecular weight excluding hydrogens is 260 g/mol. The van der Waals surface area contributed by atoms with Crippen LogP contribution in [-0.4, -0.2) is 7.11 Å². The Labute approximate surface area is 120 Å². The Morgan fingerprint density at radius 2 is 2.00 bits per heavy atom. The van der Waals surface area contributed by atoms with Gasteiger partial charge in [-0.1, -0.05) is 37.4 Å². The van der Waals surface area contributed by atoms with Gasteiger partial charge in [-0.25, -0.2) is 0 Å². The van der Waals surface area contributed by atoms with E-state index in [-0.39, 0.29) is 6.04 Å². The predicted octanol–water partition coefficient (Wildman–Crippen LogP) is 3.68. The van der Waals surface area contributed by atoms with E-state index in [1.807, 2.05) is 18.2 Å². The Kier molecular flexibility index (Phi) is 5.08. The zero-order valence-electron chi connectivity index (χ0n) is 11.7. The molecular formula is C15H23ClN2O. The van der Waals surface area contributed by atoms with E-state index in [0.29, 0.717) is 16.7 Å². The molecule has 0 bridgehead atoms. The highest BCUT2D eigenvalue weighted by Gasteiger charge is 2.27. The van der Waals surface area contributed by atoms with E-state index in [1.165, 1.54) is 25.7 Å². The monoisotopic (exact) mass is 282 g/mol. The highest BCUT2D eigenvalue weighted by molar-refractivity contribution is 6.32. The molecule has 3 N–H and O–H groups in total. The van der Waals surface area contributed by atoms with Crippen LogP contribution >= 0.6 is 11.6 Å². The molecule has 1 fully saturated rings. The molecule has 1 aromatic carbocycles. The quantitative estimate of drug-likeness (QED) is 0.654. The Bertz CT molecular complexity index is 417. The van der Waals surface area contributed by atoms with E-state index < -0.39 is 0 Å². The number of hydrogen-bond acceptors (Lipinski definition) is 3. The molecule has 0 aromatic heterocycles. The first-order valence-electron chi connectivity index (χ1n) is 6.95. The lowest BCUT2D eigenvalue weighted by Crippen LogP contribution is -2.35. The van der Waals surface area contributed by atoms with Crippen molar-refractivity contribution in [3.05, 3.63) is 28.8 Å². The molecule has 0 spiro atoms. The largest absolute Gasteiger partial charge is 0.495 e. The van der Waals surface area contributed by atoms with Gasteiger partial charge in [0.2, 0.25) is 0 Å². The molecule has 3 nitrogen and oxygen atoms in total. The topological polar surface area (TPSA) is 47.3 Å². The number of halogens is 1. The van der Waals surface area contributed by atoms with E-state index in [4.69, 9.17) is 22.2 Å². The number of rotatable bonds is 4. The van der Waals surface area contributed by atoms with E-state index in [0.717, 1.165) is 11.5 Å². The number of hydrogen-bond donors (Lipinski definition) is 2. The second-order valence-electron chi connectivity index (χ2n) is 5.56. The lowest BCUT2D eigenvalue weighted by atomic mass is 9.77. The molecule has 0 saturated heterocycles. The van der Waals surface area contributed by atoms with Gasteiger partial charge in [0.05, 0.1) is 12.1 Å². The van der Waals surface area contributed by atoms with Crippen LogP contribution in [0.2, 0.25) is 5.02 Å². The van der Waals surface area contributed by atoms with Crippen molar-refractivity contribution < 1.29 is 4.74 Å². The smallest absolute Gasteiger partial charge is 0.137 e. The van der Waals surface area contributed by atoms with E-state index >= 15 is 0 Å². The zero-order chi connectivity index (χ0) is 13.8. The molecule has 1 aromatic rings. The fraction of sp³-hybridized carbons (Fsp3) is 0.600. The molecule has 0 radical (unpaired) electrons. The van der Waals surface area contributed by atoms with Crippen LogP contribution in [0.15, 0.2) is 18.2 Å². The molecule has 4 heteroatoms. The molecule has 0 amide bonds. The van der Waals surface area contributed by atoms with Crippen molar-refractivity contribution in [2.24, 2.45) is 17.7 Å². The number of ether oxygens (including phenoxy) is 1. The highest BCUT2D eigenvalue weighted by atomic mass is 35.5. The van der Waals surface area contributed by atoms with Crippen LogP contribution in [0.3, 0.4) is 0 Å². The summed E-state index contributed by atoms with van der Waals surface area (Å²) in [5, 5.41) is 0.638. The van der Waals surface area contributed by atoms with Crippen LogP contribution in [0, 0.1) is 11.8 Å². The summed E-state index contributed by atoms with van der Waals surface area (Å²) in [6.07, 6.45) is 5.02. The van der Waals surface area contributed by atoms with E-state index in [1.54, 1.807) is 7.11 Å². The maximum Gasteiger partial charge on any atom is 0.137 e. The molecule has 1 aliphatic carbocycles. The van der Waals surface area contributed by atoms with Crippen molar-refractivity contribution >= 4 is 11.6 Å². The normalized spacial score (nSPS) is 25.1. The first-order valence-corrected chi connectivity index (χ1v) is 7.33. The van der Waals surface area contributed by atoms with Crippen molar-refractivity contribution in [3.63, 3.8) is 0 Å². The summed E-state index contributed by atoms with van der Waals surface area (Å²) in [6, 6.07) is 6.09. The molecule has 0 aliphatic heterocycles. The second-order valence-corrected chi connectivity index (χ2v) is 5.97. The van der Waals surface area contributed by atoms with Gasteiger partial charge in [0.25, 0.3) is 0 Å². The third-order valence-electron chi connectivity index (χ3n) is 4.25. The first-order chi connectivity index (χ1) is 9.15. The standard InChI is InChI=1S/C15H23ClN2O/c1-10-3-5-11(6-4-10)15(18-17)12-7-8-13(16)14(9-12)19-2/h7-11,15,18H,3-6,17H2,1-2H3. The lowest BCUT2D eigenvalue weighted by Gasteiger charge is -2.32. The zero-order valence-corrected chi connectivity index (χ0v) is 12.4. The molecule has 19 heavy (non-hydrogen) atoms. The number of nitrogens with two attached hydrogens (primary N) is 1. The average molecular weight is 283 g/mol. The van der Waals surface area contributed by atoms with E-state index in [9.17, 15) is 0 Å². The first kappa shape index (κ1) is 14.6. The SMILES string of the molecule is COc1cc(C(NN)C2CCC(C)CC2)ccc1Cl. The molecule has 1 aliphatic rings. The van der Waals surface area contributed by atoms with Crippen molar-refractivity contribution in [2.45, 2.75) is 38.6 Å². The summed E-state index contributed by atoms with van der Waals surface area (Å²) < 4.78 is 5.28. The van der Waals surface area contributed by atoms with Gasteiger partial charge < -0.3 is 4.74 Å². The fourth-order valence-electron chi connectivity index (χ4n) is 2.99. The van der Waals surface area contributed by atoms with Crippen molar-refractivity contribution in [1.82, 2.24) is 5.43 Å². The predicted molar refractivity (Wildman–Crippen MR) is 79.2 cm³/mol. The summed E-state index contributed by atoms with van der Waals surface area (Å²) in [5.41, 5.74) is 4.13. The minimum absolute atomic E-state index is 0.179. The van der Waals surface area contributed by atoms with E-state index in [2.05, 4.69) is 12.3 Å². The Hall–Kier alpha value is -0.770. The number of methoxy groups -OCH3 is 1. The van der Waals surface area contributed by atoms with Crippen LogP contribution in [0.4, 0.5) is 0 Å². The Morgan fingerprint density at radius 1 is 1.32 bits per heavy atom. The number of hydrazine groups is 1. The van der Waals surface area contributed by atoms with Crippen LogP contribution in [-0.2, 0) is 0 Å². The third-order valence-corrected chi connectivity index (χ3v) is 4.56. The van der Waals surface area contributed by atoms with Crippen LogP contribution in [0.5, 0.6) is 5.75 Å². The van der Waals surface area contributed by atoms with Gasteiger partial charge >= 0.3 is 0 Å². The average Bonchev–Trinajstić information content (AvgIpc) is 2.43. The maximum atomic E-state index is 6.07. The highest BCUT2D eigenvalue weighted by Crippen LogP contribution is 2.38. The molecule has 1 atom stereocenters. The van der Waals surface area contributed by atoms with Gasteiger partial charge in [-0.15, -0.1) is 0 Å². The molecule has 1 saturated carbocycles. The van der Waals surface area contributed by atoms with Crippen LogP contribution < -0.4 is 16.0 Å². The molecule has 2 rings (SSSR count). The number of benzene rings is 1. The number of nitrogens with one attached hydrogen (secondary N) is 1. The summed E-state index contributed by atoms with van der Waals surface area (Å²) in [6.45, 7) is 2.33. The van der Waals surface area contributed by atoms with Gasteiger partial charge in [0.1, 0.15) is 5.75 Å². The van der Waals surface area contributed by atoms with Crippen LogP contribution in [0.25, 0.3) is 0 Å². The minimum atomic E-state index is 0.179. The fourth-order valence-corrected chi connectivity index (χ4v) is 3.19. The van der Waals surface area contributed by atoms with Gasteiger partial charge in [0, 0.05) is 6.04 Å². The van der Waals surface area contributed by atoms with Crippen LogP contribution in [0.1, 0.15) is 44.2 Å². The Balaban J connectivity index is 2.17. The maximum absolute atomic E-state index is 6.07. The Morgan fingerprint density at radius 3 is 2.58 bits per heavy atom. The summed E-state index contributed by atoms with van der Waals surface area (Å²) in [4.78, 5) is 0. The van der Waals surface area contributed by atoms with Crippen molar-refractivity contribution in [2.75, 3.05) is 7.11 Å². The summed E-state index contributed by atoms with van der Waals surface area (Å²) >= 11 is 6.07. The summed E-state index contributed by atoms with van der Waals surface area (Å²) in [5.74, 6) is 7.92. The minimum Gasteiger partial charge on any atom is -0.495 e. The van der Waals surface area contributed by atoms with Crippen molar-refractivity contribution in [3.8, 4) is 5.75 Å². The van der Waals surface area contributed by atoms with Crippen molar-refractivity contribution in [1.29, 1.82) is 0 Å². The molecule has 106 valence electrons. The van der Waals surface area contributed by atoms with Gasteiger partial charge in [-0.05, 0) is 42.4 Å². The molecule has 1 unspecified atom stereocenters. The third kappa shape index (κ3) is 3.41. The van der Waals surface area contributed by atoms with Gasteiger partial charge in [-0.3, -0.25) is 11.3 Å². The summed E-state index contributed by atoms with van der Waals surface area (Å²) in [7, 11) is 1.64. The lowest BCUT2D eigenvalue weighted by molar-refractivity contribution is 0.232. The molecule has 0 heterocycles.